The molecule has 0 radical (unpaired) electrons. The van der Waals surface area contributed by atoms with Crippen LogP contribution in [0.4, 0.5) is 32.3 Å². The summed E-state index contributed by atoms with van der Waals surface area (Å²) in [4.78, 5) is 26.7. The van der Waals surface area contributed by atoms with Crippen LogP contribution in [0, 0.1) is 12.7 Å². The zero-order chi connectivity index (χ0) is 33.9. The number of aromatic nitrogens is 2. The third-order valence-electron chi connectivity index (χ3n) is 8.04. The topological polar surface area (TPSA) is 98.3 Å². The van der Waals surface area contributed by atoms with Crippen molar-refractivity contribution in [3.63, 3.8) is 0 Å². The predicted molar refractivity (Wildman–Crippen MR) is 185 cm³/mol. The van der Waals surface area contributed by atoms with Gasteiger partial charge in [-0.1, -0.05) is 30.7 Å². The zero-order valence-corrected chi connectivity index (χ0v) is 27.7. The molecule has 1 saturated heterocycles. The molecule has 0 atom stereocenters. The Bertz CT molecular complexity index is 1710. The van der Waals surface area contributed by atoms with Crippen LogP contribution in [0.1, 0.15) is 36.8 Å². The number of halogens is 1. The number of hydrogen-bond donors (Lipinski definition) is 1. The van der Waals surface area contributed by atoms with E-state index in [2.05, 4.69) is 26.8 Å². The van der Waals surface area contributed by atoms with Crippen molar-refractivity contribution < 1.29 is 28.1 Å². The number of nitrogens with zero attached hydrogens (tertiary/aromatic N) is 4. The SMILES string of the molecule is C=CCc1cccc(C)c1OC(=O)N(c1ccnc(Nc2ccc(OCCCN3CCCCC3)c(F)c2)n1)c1ccc(OC)cc1OC. The van der Waals surface area contributed by atoms with E-state index < -0.39 is 11.9 Å². The molecule has 5 rings (SSSR count). The molecule has 10 nitrogen and oxygen atoms in total. The number of amides is 1. The number of carbonyl (C=O) groups excluding carboxylic acids is 1. The van der Waals surface area contributed by atoms with Gasteiger partial charge in [0.05, 0.1) is 26.5 Å². The lowest BCUT2D eigenvalue weighted by Gasteiger charge is -2.26. The number of allylic oxidation sites excluding steroid dienone is 1. The molecule has 0 aliphatic carbocycles. The van der Waals surface area contributed by atoms with Gasteiger partial charge in [-0.2, -0.15) is 4.98 Å². The normalized spacial score (nSPS) is 13.0. The molecule has 4 aromatic rings. The van der Waals surface area contributed by atoms with E-state index in [0.717, 1.165) is 37.2 Å². The first kappa shape index (κ1) is 34.2. The van der Waals surface area contributed by atoms with E-state index in [-0.39, 0.29) is 17.5 Å². The highest BCUT2D eigenvalue weighted by Gasteiger charge is 2.27. The van der Waals surface area contributed by atoms with Gasteiger partial charge < -0.3 is 29.2 Å². The quantitative estimate of drug-likeness (QED) is 0.107. The minimum Gasteiger partial charge on any atom is -0.497 e. The average molecular weight is 656 g/mol. The summed E-state index contributed by atoms with van der Waals surface area (Å²) in [5, 5.41) is 3.03. The van der Waals surface area contributed by atoms with E-state index in [9.17, 15) is 4.79 Å². The molecule has 11 heteroatoms. The monoisotopic (exact) mass is 655 g/mol. The van der Waals surface area contributed by atoms with Crippen molar-refractivity contribution in [1.29, 1.82) is 0 Å². The van der Waals surface area contributed by atoms with E-state index in [0.29, 0.717) is 41.7 Å². The van der Waals surface area contributed by atoms with Gasteiger partial charge in [0, 0.05) is 36.6 Å². The van der Waals surface area contributed by atoms with Crippen molar-refractivity contribution in [2.45, 2.75) is 39.0 Å². The zero-order valence-electron chi connectivity index (χ0n) is 27.7. The molecule has 3 aromatic carbocycles. The molecular formula is C37H42FN5O5. The predicted octanol–water partition coefficient (Wildman–Crippen LogP) is 8.01. The molecular weight excluding hydrogens is 613 g/mol. The van der Waals surface area contributed by atoms with Gasteiger partial charge in [-0.15, -0.1) is 6.58 Å². The number of nitrogens with one attached hydrogen (secondary N) is 1. The number of hydrogen-bond acceptors (Lipinski definition) is 9. The van der Waals surface area contributed by atoms with Crippen LogP contribution < -0.4 is 29.2 Å². The van der Waals surface area contributed by atoms with Crippen molar-refractivity contribution in [1.82, 2.24) is 14.9 Å². The second kappa shape index (κ2) is 16.6. The van der Waals surface area contributed by atoms with Gasteiger partial charge in [0.1, 0.15) is 23.1 Å². The van der Waals surface area contributed by atoms with Crippen molar-refractivity contribution >= 4 is 29.2 Å². The van der Waals surface area contributed by atoms with Crippen molar-refractivity contribution in [2.24, 2.45) is 0 Å². The Labute approximate surface area is 281 Å². The Morgan fingerprint density at radius 1 is 1.04 bits per heavy atom. The lowest BCUT2D eigenvalue weighted by atomic mass is 10.1. The summed E-state index contributed by atoms with van der Waals surface area (Å²) in [6.45, 7) is 9.31. The van der Waals surface area contributed by atoms with Crippen LogP contribution in [0.3, 0.4) is 0 Å². The number of rotatable bonds is 14. The Balaban J connectivity index is 1.37. The molecule has 252 valence electrons. The molecule has 1 aliphatic rings. The van der Waals surface area contributed by atoms with Crippen LogP contribution in [0.15, 0.2) is 79.5 Å². The summed E-state index contributed by atoms with van der Waals surface area (Å²) in [7, 11) is 3.04. The summed E-state index contributed by atoms with van der Waals surface area (Å²) in [5.41, 5.74) is 2.36. The van der Waals surface area contributed by atoms with E-state index in [1.807, 2.05) is 25.1 Å². The Kier molecular flexibility index (Phi) is 11.8. The first-order valence-corrected chi connectivity index (χ1v) is 16.1. The smallest absolute Gasteiger partial charge is 0.425 e. The highest BCUT2D eigenvalue weighted by molar-refractivity contribution is 5.98. The van der Waals surface area contributed by atoms with E-state index in [1.54, 1.807) is 49.6 Å². The fraction of sp³-hybridized carbons (Fsp3) is 0.324. The first-order valence-electron chi connectivity index (χ1n) is 16.1. The Morgan fingerprint density at radius 2 is 1.88 bits per heavy atom. The Morgan fingerprint density at radius 3 is 2.62 bits per heavy atom. The molecule has 48 heavy (non-hydrogen) atoms. The fourth-order valence-corrected chi connectivity index (χ4v) is 5.61. The lowest BCUT2D eigenvalue weighted by molar-refractivity contribution is 0.203. The molecule has 1 N–H and O–H groups in total. The molecule has 0 bridgehead atoms. The number of ether oxygens (including phenoxy) is 4. The van der Waals surface area contributed by atoms with Crippen molar-refractivity contribution in [3.05, 3.63) is 96.5 Å². The van der Waals surface area contributed by atoms with Gasteiger partial charge in [-0.3, -0.25) is 0 Å². The van der Waals surface area contributed by atoms with Crippen LogP contribution in [-0.2, 0) is 6.42 Å². The van der Waals surface area contributed by atoms with Gasteiger partial charge >= 0.3 is 6.09 Å². The largest absolute Gasteiger partial charge is 0.497 e. The number of anilines is 4. The third kappa shape index (κ3) is 8.60. The number of methoxy groups -OCH3 is 2. The van der Waals surface area contributed by atoms with Crippen LogP contribution in [0.5, 0.6) is 23.0 Å². The minimum absolute atomic E-state index is 0.135. The molecule has 1 aromatic heterocycles. The van der Waals surface area contributed by atoms with E-state index >= 15 is 4.39 Å². The van der Waals surface area contributed by atoms with E-state index in [1.165, 1.54) is 43.5 Å². The maximum absolute atomic E-state index is 15.0. The van der Waals surface area contributed by atoms with Crippen LogP contribution in [0.2, 0.25) is 0 Å². The van der Waals surface area contributed by atoms with Gasteiger partial charge in [-0.25, -0.2) is 19.1 Å². The second-order valence-electron chi connectivity index (χ2n) is 11.4. The Hall–Kier alpha value is -5.16. The molecule has 0 saturated carbocycles. The second-order valence-corrected chi connectivity index (χ2v) is 11.4. The highest BCUT2D eigenvalue weighted by atomic mass is 19.1. The van der Waals surface area contributed by atoms with Crippen LogP contribution in [0.25, 0.3) is 0 Å². The number of carbonyl (C=O) groups is 1. The summed E-state index contributed by atoms with van der Waals surface area (Å²) in [6, 6.07) is 16.9. The van der Waals surface area contributed by atoms with Gasteiger partial charge in [0.2, 0.25) is 5.95 Å². The lowest BCUT2D eigenvalue weighted by Crippen LogP contribution is -2.31. The van der Waals surface area contributed by atoms with E-state index in [4.69, 9.17) is 18.9 Å². The number of piperidine rings is 1. The van der Waals surface area contributed by atoms with Crippen molar-refractivity contribution in [2.75, 3.05) is 50.7 Å². The van der Waals surface area contributed by atoms with Crippen molar-refractivity contribution in [3.8, 4) is 23.0 Å². The number of aryl methyl sites for hydroxylation is 1. The molecule has 0 unspecified atom stereocenters. The van der Waals surface area contributed by atoms with Gasteiger partial charge in [0.25, 0.3) is 0 Å². The molecule has 1 aliphatic heterocycles. The molecule has 2 heterocycles. The summed E-state index contributed by atoms with van der Waals surface area (Å²) >= 11 is 0. The number of benzene rings is 3. The first-order chi connectivity index (χ1) is 23.4. The average Bonchev–Trinajstić information content (AvgIpc) is 3.10. The summed E-state index contributed by atoms with van der Waals surface area (Å²) in [6.07, 6.45) is 7.62. The maximum Gasteiger partial charge on any atom is 0.425 e. The van der Waals surface area contributed by atoms with Gasteiger partial charge in [0.15, 0.2) is 11.6 Å². The standard InChI is InChI=1S/C37H42FN5O5/c1-5-11-27-13-9-12-26(2)35(27)48-37(44)43(31-16-15-29(45-3)25-33(31)46-4)34-18-19-39-36(41-34)40-28-14-17-32(30(38)24-28)47-23-10-22-42-20-7-6-8-21-42/h5,9,12-19,24-25H,1,6-8,10-11,20-23H2,2-4H3,(H,39,40,41). The molecule has 1 amide bonds. The fourth-order valence-electron chi connectivity index (χ4n) is 5.61. The third-order valence-corrected chi connectivity index (χ3v) is 8.04. The number of likely N-dealkylation sites (tertiary alicyclic amines) is 1. The number of para-hydroxylation sites is 1. The maximum atomic E-state index is 15.0. The summed E-state index contributed by atoms with van der Waals surface area (Å²) in [5.74, 6) is 1.32. The highest BCUT2D eigenvalue weighted by Crippen LogP contribution is 2.37. The van der Waals surface area contributed by atoms with Crippen LogP contribution in [-0.4, -0.2) is 61.4 Å². The molecule has 0 spiro atoms. The van der Waals surface area contributed by atoms with Gasteiger partial charge in [-0.05, 0) is 81.1 Å². The molecule has 1 fully saturated rings. The summed E-state index contributed by atoms with van der Waals surface area (Å²) < 4.78 is 37.8. The van der Waals surface area contributed by atoms with Crippen LogP contribution >= 0.6 is 0 Å². The minimum atomic E-state index is -0.726.